The quantitative estimate of drug-likeness (QED) is 0.375. The third-order valence-electron chi connectivity index (χ3n) is 5.38. The highest BCUT2D eigenvalue weighted by atomic mass is 35.5. The summed E-state index contributed by atoms with van der Waals surface area (Å²) in [5.74, 6) is 1.95. The molecule has 0 bridgehead atoms. The number of amides is 2. The van der Waals surface area contributed by atoms with E-state index in [1.807, 2.05) is 60.7 Å². The summed E-state index contributed by atoms with van der Waals surface area (Å²) in [4.78, 5) is 22.9. The predicted molar refractivity (Wildman–Crippen MR) is 125 cm³/mol. The van der Waals surface area contributed by atoms with Gasteiger partial charge in [-0.05, 0) is 41.4 Å². The second-order valence-corrected chi connectivity index (χ2v) is 8.09. The highest BCUT2D eigenvalue weighted by Gasteiger charge is 2.29. The lowest BCUT2D eigenvalue weighted by atomic mass is 10.2. The normalized spacial score (nSPS) is 15.6. The van der Waals surface area contributed by atoms with E-state index in [0.717, 1.165) is 16.7 Å². The minimum Gasteiger partial charge on any atom is -0.489 e. The van der Waals surface area contributed by atoms with Gasteiger partial charge in [-0.1, -0.05) is 36.4 Å². The molecule has 1 aliphatic rings. The van der Waals surface area contributed by atoms with E-state index in [1.165, 1.54) is 0 Å². The lowest BCUT2D eigenvalue weighted by molar-refractivity contribution is 0.215. The van der Waals surface area contributed by atoms with Crippen LogP contribution < -0.4 is 15.4 Å². The van der Waals surface area contributed by atoms with Crippen molar-refractivity contribution in [2.45, 2.75) is 19.1 Å². The molecule has 0 spiro atoms. The molecule has 168 valence electrons. The van der Waals surface area contributed by atoms with Crippen molar-refractivity contribution < 1.29 is 13.9 Å². The Morgan fingerprint density at radius 3 is 2.82 bits per heavy atom. The van der Waals surface area contributed by atoms with E-state index in [0.29, 0.717) is 43.3 Å². The smallest absolute Gasteiger partial charge is 0.318 e. The third kappa shape index (κ3) is 4.85. The first-order valence-corrected chi connectivity index (χ1v) is 11.0. The number of nitrogens with zero attached hydrogens (tertiary/aromatic N) is 3. The highest BCUT2D eigenvalue weighted by molar-refractivity contribution is 6.29. The van der Waals surface area contributed by atoms with Gasteiger partial charge >= 0.3 is 6.03 Å². The van der Waals surface area contributed by atoms with E-state index < -0.39 is 0 Å². The SMILES string of the molecule is O=C1NC(COc2cccc3c(NCc4ccco4)nc(Cl)nc23)CN1Cc1ccccc1. The molecule has 8 nitrogen and oxygen atoms in total. The van der Waals surface area contributed by atoms with Crippen molar-refractivity contribution in [3.63, 3.8) is 0 Å². The van der Waals surface area contributed by atoms with Crippen LogP contribution in [-0.4, -0.2) is 40.1 Å². The Hall–Kier alpha value is -3.78. The number of nitrogens with one attached hydrogen (secondary N) is 2. The van der Waals surface area contributed by atoms with Crippen LogP contribution in [0, 0.1) is 0 Å². The Morgan fingerprint density at radius 1 is 1.12 bits per heavy atom. The van der Waals surface area contributed by atoms with Crippen LogP contribution in [0.3, 0.4) is 0 Å². The molecule has 9 heteroatoms. The number of ether oxygens (including phenoxy) is 1. The summed E-state index contributed by atoms with van der Waals surface area (Å²) in [6.07, 6.45) is 1.62. The topological polar surface area (TPSA) is 92.5 Å². The number of aromatic nitrogens is 2. The molecule has 33 heavy (non-hydrogen) atoms. The number of para-hydroxylation sites is 1. The van der Waals surface area contributed by atoms with Gasteiger partial charge in [0.1, 0.15) is 29.5 Å². The average Bonchev–Trinajstić information content (AvgIpc) is 3.46. The number of halogens is 1. The third-order valence-corrected chi connectivity index (χ3v) is 5.55. The predicted octanol–water partition coefficient (Wildman–Crippen LogP) is 4.46. The number of benzene rings is 2. The molecule has 1 fully saturated rings. The number of carbonyl (C=O) groups is 1. The maximum Gasteiger partial charge on any atom is 0.318 e. The number of hydrogen-bond donors (Lipinski definition) is 2. The van der Waals surface area contributed by atoms with Crippen LogP contribution in [0.2, 0.25) is 5.28 Å². The fourth-order valence-corrected chi connectivity index (χ4v) is 3.99. The van der Waals surface area contributed by atoms with E-state index in [2.05, 4.69) is 20.6 Å². The van der Waals surface area contributed by atoms with Crippen LogP contribution in [0.15, 0.2) is 71.3 Å². The lowest BCUT2D eigenvalue weighted by Crippen LogP contribution is -2.32. The minimum atomic E-state index is -0.134. The van der Waals surface area contributed by atoms with E-state index >= 15 is 0 Å². The first kappa shape index (κ1) is 21.1. The first-order valence-electron chi connectivity index (χ1n) is 10.6. The standard InChI is InChI=1S/C24H22ClN5O3/c25-23-28-21-19(22(29-23)26-12-18-8-5-11-32-18)9-4-10-20(21)33-15-17-14-30(24(31)27-17)13-16-6-2-1-3-7-16/h1-11,17H,12-15H2,(H,27,31)(H,26,28,29). The molecule has 0 radical (unpaired) electrons. The monoisotopic (exact) mass is 463 g/mol. The summed E-state index contributed by atoms with van der Waals surface area (Å²) in [6, 6.07) is 19.0. The van der Waals surface area contributed by atoms with Gasteiger partial charge in [0.25, 0.3) is 0 Å². The van der Waals surface area contributed by atoms with Crippen LogP contribution in [0.5, 0.6) is 5.75 Å². The molecule has 0 saturated carbocycles. The van der Waals surface area contributed by atoms with Crippen molar-refractivity contribution in [1.29, 1.82) is 0 Å². The summed E-state index contributed by atoms with van der Waals surface area (Å²) >= 11 is 6.19. The Bertz CT molecular complexity index is 1250. The van der Waals surface area contributed by atoms with Crippen LogP contribution in [0.4, 0.5) is 10.6 Å². The number of anilines is 1. The fraction of sp³-hybridized carbons (Fsp3) is 0.208. The molecule has 3 heterocycles. The molecule has 2 amide bonds. The molecule has 2 N–H and O–H groups in total. The zero-order valence-corrected chi connectivity index (χ0v) is 18.5. The van der Waals surface area contributed by atoms with Crippen LogP contribution in [0.25, 0.3) is 10.9 Å². The molecule has 2 aromatic heterocycles. The van der Waals surface area contributed by atoms with Crippen molar-refractivity contribution >= 4 is 34.4 Å². The molecule has 4 aromatic rings. The van der Waals surface area contributed by atoms with Crippen molar-refractivity contribution in [2.75, 3.05) is 18.5 Å². The Labute approximate surface area is 195 Å². The maximum absolute atomic E-state index is 12.4. The van der Waals surface area contributed by atoms with Crippen molar-refractivity contribution in [3.05, 3.63) is 83.5 Å². The molecule has 5 rings (SSSR count). The summed E-state index contributed by atoms with van der Waals surface area (Å²) in [7, 11) is 0. The maximum atomic E-state index is 12.4. The molecule has 2 aromatic carbocycles. The summed E-state index contributed by atoms with van der Waals surface area (Å²) < 4.78 is 11.4. The molecule has 1 unspecified atom stereocenters. The van der Waals surface area contributed by atoms with Gasteiger partial charge in [0, 0.05) is 18.5 Å². The minimum absolute atomic E-state index is 0.0971. The first-order chi connectivity index (χ1) is 16.2. The lowest BCUT2D eigenvalue weighted by Gasteiger charge is -2.16. The van der Waals surface area contributed by atoms with Gasteiger partial charge in [0.15, 0.2) is 0 Å². The number of furan rings is 1. The van der Waals surface area contributed by atoms with Crippen LogP contribution >= 0.6 is 11.6 Å². The molecule has 0 aliphatic carbocycles. The van der Waals surface area contributed by atoms with Gasteiger partial charge in [-0.2, -0.15) is 0 Å². The summed E-state index contributed by atoms with van der Waals surface area (Å²) in [5.41, 5.74) is 1.69. The second-order valence-electron chi connectivity index (χ2n) is 7.75. The Balaban J connectivity index is 1.28. The van der Waals surface area contributed by atoms with Crippen molar-refractivity contribution in [1.82, 2.24) is 20.2 Å². The number of fused-ring (bicyclic) bond motifs is 1. The van der Waals surface area contributed by atoms with Crippen LogP contribution in [0.1, 0.15) is 11.3 Å². The van der Waals surface area contributed by atoms with E-state index in [-0.39, 0.29) is 17.4 Å². The molecule has 1 saturated heterocycles. The van der Waals surface area contributed by atoms with E-state index in [4.69, 9.17) is 20.8 Å². The molecular formula is C24H22ClN5O3. The van der Waals surface area contributed by atoms with Gasteiger partial charge in [0.2, 0.25) is 5.28 Å². The average molecular weight is 464 g/mol. The van der Waals surface area contributed by atoms with Gasteiger partial charge < -0.3 is 24.7 Å². The largest absolute Gasteiger partial charge is 0.489 e. The van der Waals surface area contributed by atoms with Gasteiger partial charge in [0.05, 0.1) is 18.8 Å². The Morgan fingerprint density at radius 2 is 2.00 bits per heavy atom. The zero-order valence-electron chi connectivity index (χ0n) is 17.7. The fourth-order valence-electron chi connectivity index (χ4n) is 3.82. The van der Waals surface area contributed by atoms with Crippen molar-refractivity contribution in [3.8, 4) is 5.75 Å². The second kappa shape index (κ2) is 9.38. The number of urea groups is 1. The zero-order chi connectivity index (χ0) is 22.6. The Kier molecular flexibility index (Phi) is 5.99. The molecular weight excluding hydrogens is 442 g/mol. The summed E-state index contributed by atoms with van der Waals surface area (Å²) in [5, 5.41) is 7.12. The van der Waals surface area contributed by atoms with E-state index in [9.17, 15) is 4.79 Å². The molecule has 1 aliphatic heterocycles. The van der Waals surface area contributed by atoms with Gasteiger partial charge in [-0.15, -0.1) is 0 Å². The highest BCUT2D eigenvalue weighted by Crippen LogP contribution is 2.30. The van der Waals surface area contributed by atoms with E-state index in [1.54, 1.807) is 11.2 Å². The number of rotatable bonds is 8. The summed E-state index contributed by atoms with van der Waals surface area (Å²) in [6.45, 7) is 1.90. The van der Waals surface area contributed by atoms with Crippen molar-refractivity contribution in [2.24, 2.45) is 0 Å². The van der Waals surface area contributed by atoms with Crippen LogP contribution in [-0.2, 0) is 13.1 Å². The number of carbonyl (C=O) groups excluding carboxylic acids is 1. The molecule has 1 atom stereocenters. The van der Waals surface area contributed by atoms with Gasteiger partial charge in [-0.25, -0.2) is 14.8 Å². The van der Waals surface area contributed by atoms with Gasteiger partial charge in [-0.3, -0.25) is 0 Å². The number of hydrogen-bond acceptors (Lipinski definition) is 6.